The molecule has 0 unspecified atom stereocenters. The highest BCUT2D eigenvalue weighted by Gasteiger charge is 2.42. The van der Waals surface area contributed by atoms with Gasteiger partial charge in [0, 0.05) is 39.9 Å². The number of benzene rings is 3. The first-order valence-corrected chi connectivity index (χ1v) is 17.9. The topological polar surface area (TPSA) is 94.3 Å². The molecule has 7 nitrogen and oxygen atoms in total. The van der Waals surface area contributed by atoms with Crippen LogP contribution in [0, 0.1) is 13.8 Å². The van der Waals surface area contributed by atoms with Crippen molar-refractivity contribution >= 4 is 32.5 Å². The van der Waals surface area contributed by atoms with E-state index in [-0.39, 0.29) is 5.91 Å². The minimum absolute atomic E-state index is 0.191. The molecule has 0 spiro atoms. The fourth-order valence-corrected chi connectivity index (χ4v) is 7.83. The van der Waals surface area contributed by atoms with Gasteiger partial charge in [0.25, 0.3) is 5.91 Å². The van der Waals surface area contributed by atoms with E-state index in [2.05, 4.69) is 64.1 Å². The molecule has 44 heavy (non-hydrogen) atoms. The number of H-pyrrole nitrogens is 1. The first-order chi connectivity index (χ1) is 21.1. The molecule has 3 heterocycles. The summed E-state index contributed by atoms with van der Waals surface area (Å²) < 4.78 is 25.3. The second-order valence-corrected chi connectivity index (χ2v) is 14.6. The Morgan fingerprint density at radius 1 is 0.864 bits per heavy atom. The van der Waals surface area contributed by atoms with Crippen molar-refractivity contribution in [2.24, 2.45) is 0 Å². The number of carbonyl (C=O) groups excluding carboxylic acids is 1. The molecule has 0 radical (unpaired) electrons. The Kier molecular flexibility index (Phi) is 8.83. The zero-order valence-electron chi connectivity index (χ0n) is 26.1. The number of amides is 1. The van der Waals surface area contributed by atoms with E-state index in [0.29, 0.717) is 17.8 Å². The highest BCUT2D eigenvalue weighted by molar-refractivity contribution is 7.92. The fourth-order valence-electron chi connectivity index (χ4n) is 7.27. The summed E-state index contributed by atoms with van der Waals surface area (Å²) in [5, 5.41) is 4.79. The molecule has 0 saturated carbocycles. The predicted molar refractivity (Wildman–Crippen MR) is 180 cm³/mol. The summed E-state index contributed by atoms with van der Waals surface area (Å²) in [6.07, 6.45) is 9.66. The maximum atomic E-state index is 13.6. The SMILES string of the molecule is Cc1cc(C)cc(-c2[nH]c3ccc(C(=O)N4C5CCC4CC5)cc3c2CCNCCCCc2ccc(NS(C)(=O)=O)cc2)c1. The van der Waals surface area contributed by atoms with Crippen LogP contribution in [-0.4, -0.2) is 55.6 Å². The van der Waals surface area contributed by atoms with Crippen molar-refractivity contribution in [2.75, 3.05) is 24.1 Å². The van der Waals surface area contributed by atoms with Gasteiger partial charge in [-0.1, -0.05) is 29.3 Å². The van der Waals surface area contributed by atoms with Crippen LogP contribution >= 0.6 is 0 Å². The maximum Gasteiger partial charge on any atom is 0.254 e. The Morgan fingerprint density at radius 3 is 2.20 bits per heavy atom. The van der Waals surface area contributed by atoms with Crippen molar-refractivity contribution in [1.82, 2.24) is 15.2 Å². The van der Waals surface area contributed by atoms with Crippen LogP contribution in [0.15, 0.2) is 60.7 Å². The van der Waals surface area contributed by atoms with Crippen molar-refractivity contribution in [3.05, 3.63) is 88.5 Å². The summed E-state index contributed by atoms with van der Waals surface area (Å²) >= 11 is 0. The van der Waals surface area contributed by atoms with Crippen LogP contribution in [0.4, 0.5) is 5.69 Å². The van der Waals surface area contributed by atoms with Gasteiger partial charge in [-0.05, 0) is 137 Å². The number of anilines is 1. The standard InChI is InChI=1S/C36H44N4O3S/c1-24-20-25(2)22-28(21-24)35-32(17-19-37-18-5-4-6-26-7-10-29(11-8-26)39-44(3,42)43)33-23-27(9-16-34(33)38-35)36(41)40-30-12-13-31(40)15-14-30/h7-11,16,20-23,30-31,37-39H,4-6,12-15,17-19H2,1-3H3. The number of hydrogen-bond donors (Lipinski definition) is 3. The second-order valence-electron chi connectivity index (χ2n) is 12.8. The molecule has 0 atom stereocenters. The van der Waals surface area contributed by atoms with E-state index in [9.17, 15) is 13.2 Å². The Hall–Kier alpha value is -3.62. The van der Waals surface area contributed by atoms with Crippen molar-refractivity contribution in [1.29, 1.82) is 0 Å². The summed E-state index contributed by atoms with van der Waals surface area (Å²) in [5.41, 5.74) is 9.76. The molecular weight excluding hydrogens is 568 g/mol. The van der Waals surface area contributed by atoms with Crippen LogP contribution < -0.4 is 10.0 Å². The highest BCUT2D eigenvalue weighted by Crippen LogP contribution is 2.39. The second kappa shape index (κ2) is 12.8. The maximum absolute atomic E-state index is 13.6. The molecule has 6 rings (SSSR count). The molecule has 3 N–H and O–H groups in total. The Labute approximate surface area is 261 Å². The van der Waals surface area contributed by atoms with Crippen LogP contribution in [0.3, 0.4) is 0 Å². The van der Waals surface area contributed by atoms with E-state index >= 15 is 0 Å². The Balaban J connectivity index is 1.12. The van der Waals surface area contributed by atoms with Gasteiger partial charge in [0.15, 0.2) is 0 Å². The first kappa shape index (κ1) is 30.4. The largest absolute Gasteiger partial charge is 0.354 e. The van der Waals surface area contributed by atoms with Crippen LogP contribution in [-0.2, 0) is 22.9 Å². The van der Waals surface area contributed by atoms with Crippen LogP contribution in [0.5, 0.6) is 0 Å². The van der Waals surface area contributed by atoms with Gasteiger partial charge in [-0.3, -0.25) is 9.52 Å². The lowest BCUT2D eigenvalue weighted by Gasteiger charge is -2.22. The summed E-state index contributed by atoms with van der Waals surface area (Å²) in [7, 11) is -3.26. The minimum Gasteiger partial charge on any atom is -0.354 e. The molecule has 2 fully saturated rings. The molecule has 2 aliphatic rings. The third-order valence-corrected chi connectivity index (χ3v) is 9.84. The molecule has 1 aromatic heterocycles. The zero-order chi connectivity index (χ0) is 30.8. The van der Waals surface area contributed by atoms with Gasteiger partial charge in [0.1, 0.15) is 0 Å². The lowest BCUT2D eigenvalue weighted by molar-refractivity contribution is 0.0730. The molecule has 2 saturated heterocycles. The van der Waals surface area contributed by atoms with Crippen molar-refractivity contribution in [2.45, 2.75) is 77.3 Å². The third-order valence-electron chi connectivity index (χ3n) is 9.23. The fraction of sp³-hybridized carbons (Fsp3) is 0.417. The Morgan fingerprint density at radius 2 is 1.55 bits per heavy atom. The molecule has 2 bridgehead atoms. The number of rotatable bonds is 12. The number of hydrogen-bond acceptors (Lipinski definition) is 4. The van der Waals surface area contributed by atoms with Crippen LogP contribution in [0.2, 0.25) is 0 Å². The van der Waals surface area contributed by atoms with Gasteiger partial charge in [0.2, 0.25) is 10.0 Å². The van der Waals surface area contributed by atoms with Crippen LogP contribution in [0.25, 0.3) is 22.2 Å². The number of aryl methyl sites for hydroxylation is 3. The predicted octanol–water partition coefficient (Wildman–Crippen LogP) is 6.75. The van der Waals surface area contributed by atoms with Gasteiger partial charge >= 0.3 is 0 Å². The van der Waals surface area contributed by atoms with Gasteiger partial charge in [-0.15, -0.1) is 0 Å². The molecular formula is C36H44N4O3S. The van der Waals surface area contributed by atoms with E-state index < -0.39 is 10.0 Å². The third kappa shape index (κ3) is 6.87. The average Bonchev–Trinajstić information content (AvgIpc) is 3.68. The van der Waals surface area contributed by atoms with Gasteiger partial charge in [-0.2, -0.15) is 0 Å². The smallest absolute Gasteiger partial charge is 0.254 e. The molecule has 4 aromatic rings. The van der Waals surface area contributed by atoms with Crippen LogP contribution in [0.1, 0.15) is 71.1 Å². The van der Waals surface area contributed by atoms with E-state index in [1.807, 2.05) is 30.3 Å². The van der Waals surface area contributed by atoms with E-state index in [4.69, 9.17) is 0 Å². The average molecular weight is 613 g/mol. The number of aromatic nitrogens is 1. The molecule has 8 heteroatoms. The van der Waals surface area contributed by atoms with E-state index in [0.717, 1.165) is 92.9 Å². The van der Waals surface area contributed by atoms with E-state index in [1.54, 1.807) is 0 Å². The lowest BCUT2D eigenvalue weighted by Crippen LogP contribution is -2.35. The summed E-state index contributed by atoms with van der Waals surface area (Å²) in [4.78, 5) is 19.5. The van der Waals surface area contributed by atoms with Crippen molar-refractivity contribution in [3.8, 4) is 11.3 Å². The molecule has 1 amide bonds. The number of aromatic amines is 1. The highest BCUT2D eigenvalue weighted by atomic mass is 32.2. The van der Waals surface area contributed by atoms with Gasteiger partial charge in [-0.25, -0.2) is 8.42 Å². The monoisotopic (exact) mass is 612 g/mol. The minimum atomic E-state index is -3.26. The normalized spacial score (nSPS) is 17.9. The zero-order valence-corrected chi connectivity index (χ0v) is 26.9. The summed E-state index contributed by atoms with van der Waals surface area (Å²) in [6.45, 7) is 6.06. The Bertz CT molecular complexity index is 1720. The van der Waals surface area contributed by atoms with Gasteiger partial charge in [0.05, 0.1) is 6.26 Å². The van der Waals surface area contributed by atoms with Crippen molar-refractivity contribution in [3.63, 3.8) is 0 Å². The molecule has 2 aliphatic heterocycles. The van der Waals surface area contributed by atoms with Crippen molar-refractivity contribution < 1.29 is 13.2 Å². The summed E-state index contributed by atoms with van der Waals surface area (Å²) in [6, 6.07) is 21.4. The summed E-state index contributed by atoms with van der Waals surface area (Å²) in [5.74, 6) is 0.191. The van der Waals surface area contributed by atoms with Gasteiger partial charge < -0.3 is 15.2 Å². The first-order valence-electron chi connectivity index (χ1n) is 16.0. The molecule has 232 valence electrons. The lowest BCUT2D eigenvalue weighted by atomic mass is 9.98. The number of nitrogens with zero attached hydrogens (tertiary/aromatic N) is 1. The van der Waals surface area contributed by atoms with E-state index in [1.165, 1.54) is 27.8 Å². The molecule has 3 aromatic carbocycles. The number of sulfonamides is 1. The number of carbonyl (C=O) groups is 1. The number of fused-ring (bicyclic) bond motifs is 3. The molecule has 0 aliphatic carbocycles. The quantitative estimate of drug-likeness (QED) is 0.154. The number of nitrogens with one attached hydrogen (secondary N) is 3. The number of unbranched alkanes of at least 4 members (excludes halogenated alkanes) is 1.